The van der Waals surface area contributed by atoms with Gasteiger partial charge in [0.25, 0.3) is 5.91 Å². The van der Waals surface area contributed by atoms with Crippen molar-refractivity contribution in [3.63, 3.8) is 0 Å². The van der Waals surface area contributed by atoms with Gasteiger partial charge in [0.15, 0.2) is 5.65 Å². The molecule has 0 saturated heterocycles. The van der Waals surface area contributed by atoms with E-state index in [2.05, 4.69) is 36.2 Å². The summed E-state index contributed by atoms with van der Waals surface area (Å²) in [4.78, 5) is 30.8. The van der Waals surface area contributed by atoms with Crippen LogP contribution in [0.15, 0.2) is 84.5 Å². The van der Waals surface area contributed by atoms with Crippen molar-refractivity contribution in [2.45, 2.75) is 26.2 Å². The Morgan fingerprint density at radius 1 is 0.971 bits per heavy atom. The molecule has 3 heterocycles. The topological polar surface area (TPSA) is 76.4 Å². The molecular weight excluding hydrogens is 456 g/mol. The zero-order chi connectivity index (χ0) is 24.6. The lowest BCUT2D eigenvalue weighted by atomic mass is 9.87. The van der Waals surface area contributed by atoms with Crippen molar-refractivity contribution >= 4 is 34.4 Å². The Labute approximate surface area is 207 Å². The van der Waals surface area contributed by atoms with Crippen LogP contribution in [-0.4, -0.2) is 26.3 Å². The highest BCUT2D eigenvalue weighted by atomic mass is 32.1. The number of fused-ring (bicyclic) bond motifs is 1. The molecule has 3 aromatic heterocycles. The molecule has 6 nitrogen and oxygen atoms in total. The highest BCUT2D eigenvalue weighted by Crippen LogP contribution is 2.26. The molecule has 174 valence electrons. The number of hydrogen-bond acceptors (Lipinski definition) is 5. The number of rotatable bonds is 5. The smallest absolute Gasteiger partial charge is 0.255 e. The standard InChI is InChI=1S/C28H24N4O2S/c1-28(2,3)20-11-9-18(10-12-20)27(34)31-21-7-4-6-19(16-21)23-13-14-29-26-22(17-30-32(23)26)25(33)24-8-5-15-35-24/h4-17H,1-3H3,(H,31,34). The summed E-state index contributed by atoms with van der Waals surface area (Å²) >= 11 is 1.39. The number of amides is 1. The Kier molecular flexibility index (Phi) is 5.78. The van der Waals surface area contributed by atoms with Crippen LogP contribution in [0.2, 0.25) is 0 Å². The molecule has 0 aliphatic rings. The number of ketones is 1. The molecule has 0 aliphatic carbocycles. The first-order valence-electron chi connectivity index (χ1n) is 11.2. The number of carbonyl (C=O) groups excluding carboxylic acids is 2. The molecule has 0 spiro atoms. The highest BCUT2D eigenvalue weighted by Gasteiger charge is 2.19. The number of nitrogens with one attached hydrogen (secondary N) is 1. The summed E-state index contributed by atoms with van der Waals surface area (Å²) in [5.74, 6) is -0.274. The van der Waals surface area contributed by atoms with Gasteiger partial charge in [-0.3, -0.25) is 9.59 Å². The van der Waals surface area contributed by atoms with Gasteiger partial charge in [-0.2, -0.15) is 5.10 Å². The van der Waals surface area contributed by atoms with Crippen molar-refractivity contribution in [3.8, 4) is 11.3 Å². The highest BCUT2D eigenvalue weighted by molar-refractivity contribution is 7.12. The molecule has 0 radical (unpaired) electrons. The Balaban J connectivity index is 1.42. The van der Waals surface area contributed by atoms with Crippen LogP contribution in [0, 0.1) is 0 Å². The summed E-state index contributed by atoms with van der Waals surface area (Å²) in [6.45, 7) is 6.43. The van der Waals surface area contributed by atoms with Gasteiger partial charge in [-0.1, -0.05) is 51.1 Å². The summed E-state index contributed by atoms with van der Waals surface area (Å²) in [6, 6.07) is 20.7. The van der Waals surface area contributed by atoms with E-state index in [1.807, 2.05) is 66.0 Å². The van der Waals surface area contributed by atoms with E-state index in [1.165, 1.54) is 16.9 Å². The van der Waals surface area contributed by atoms with E-state index in [0.29, 0.717) is 27.3 Å². The van der Waals surface area contributed by atoms with Crippen molar-refractivity contribution in [3.05, 3.63) is 106 Å². The molecule has 0 bridgehead atoms. The van der Waals surface area contributed by atoms with Gasteiger partial charge < -0.3 is 5.32 Å². The second-order valence-corrected chi connectivity index (χ2v) is 10.2. The molecule has 1 N–H and O–H groups in total. The number of benzene rings is 2. The third-order valence-electron chi connectivity index (χ3n) is 5.82. The first-order chi connectivity index (χ1) is 16.8. The van der Waals surface area contributed by atoms with Gasteiger partial charge in [0.1, 0.15) is 0 Å². The van der Waals surface area contributed by atoms with Gasteiger partial charge in [0, 0.05) is 23.0 Å². The molecule has 1 amide bonds. The fourth-order valence-corrected chi connectivity index (χ4v) is 4.57. The second kappa shape index (κ2) is 8.92. The van der Waals surface area contributed by atoms with E-state index in [1.54, 1.807) is 23.0 Å². The van der Waals surface area contributed by atoms with E-state index in [4.69, 9.17) is 0 Å². The Morgan fingerprint density at radius 3 is 2.49 bits per heavy atom. The van der Waals surface area contributed by atoms with Crippen LogP contribution >= 0.6 is 11.3 Å². The lowest BCUT2D eigenvalue weighted by molar-refractivity contribution is 0.102. The molecule has 0 aliphatic heterocycles. The number of hydrogen-bond donors (Lipinski definition) is 1. The Hall–Kier alpha value is -4.10. The lowest BCUT2D eigenvalue weighted by Gasteiger charge is -2.19. The first kappa shape index (κ1) is 22.7. The van der Waals surface area contributed by atoms with Gasteiger partial charge in [0.2, 0.25) is 5.78 Å². The molecule has 5 rings (SSSR count). The molecule has 0 fully saturated rings. The average Bonchev–Trinajstić information content (AvgIpc) is 3.54. The number of aromatic nitrogens is 3. The largest absolute Gasteiger partial charge is 0.322 e. The summed E-state index contributed by atoms with van der Waals surface area (Å²) < 4.78 is 1.66. The third kappa shape index (κ3) is 4.50. The molecular formula is C28H24N4O2S. The Morgan fingerprint density at radius 2 is 1.77 bits per heavy atom. The van der Waals surface area contributed by atoms with Gasteiger partial charge in [-0.05, 0) is 52.8 Å². The lowest BCUT2D eigenvalue weighted by Crippen LogP contribution is -2.14. The maximum absolute atomic E-state index is 12.9. The number of anilines is 1. The van der Waals surface area contributed by atoms with Gasteiger partial charge in [-0.15, -0.1) is 11.3 Å². The van der Waals surface area contributed by atoms with Crippen LogP contribution in [0.1, 0.15) is 51.9 Å². The van der Waals surface area contributed by atoms with Crippen molar-refractivity contribution in [2.24, 2.45) is 0 Å². The quantitative estimate of drug-likeness (QED) is 0.302. The van der Waals surface area contributed by atoms with E-state index < -0.39 is 0 Å². The molecule has 0 saturated carbocycles. The van der Waals surface area contributed by atoms with Crippen LogP contribution in [0.4, 0.5) is 5.69 Å². The molecule has 35 heavy (non-hydrogen) atoms. The van der Waals surface area contributed by atoms with E-state index in [0.717, 1.165) is 11.3 Å². The van der Waals surface area contributed by atoms with Crippen molar-refractivity contribution in [1.82, 2.24) is 14.6 Å². The van der Waals surface area contributed by atoms with Crippen molar-refractivity contribution in [2.75, 3.05) is 5.32 Å². The van der Waals surface area contributed by atoms with E-state index in [-0.39, 0.29) is 17.1 Å². The third-order valence-corrected chi connectivity index (χ3v) is 6.69. The molecule has 5 aromatic rings. The number of thiophene rings is 1. The molecule has 0 unspecified atom stereocenters. The SMILES string of the molecule is CC(C)(C)c1ccc(C(=O)Nc2cccc(-c3ccnc4c(C(=O)c5cccs5)cnn34)c2)cc1. The fourth-order valence-electron chi connectivity index (χ4n) is 3.89. The number of carbonyl (C=O) groups is 2. The van der Waals surface area contributed by atoms with Crippen molar-refractivity contribution in [1.29, 1.82) is 0 Å². The van der Waals surface area contributed by atoms with Crippen molar-refractivity contribution < 1.29 is 9.59 Å². The minimum absolute atomic E-state index is 0.0277. The van der Waals surface area contributed by atoms with Crippen LogP contribution in [0.25, 0.3) is 16.9 Å². The zero-order valence-electron chi connectivity index (χ0n) is 19.6. The minimum atomic E-state index is -0.176. The van der Waals surface area contributed by atoms with Gasteiger partial charge in [0.05, 0.1) is 22.3 Å². The monoisotopic (exact) mass is 480 g/mol. The average molecular weight is 481 g/mol. The molecule has 0 atom stereocenters. The zero-order valence-corrected chi connectivity index (χ0v) is 20.5. The van der Waals surface area contributed by atoms with Crippen LogP contribution in [0.5, 0.6) is 0 Å². The van der Waals surface area contributed by atoms with Crippen LogP contribution in [0.3, 0.4) is 0 Å². The van der Waals surface area contributed by atoms with Gasteiger partial charge in [-0.25, -0.2) is 9.50 Å². The van der Waals surface area contributed by atoms with Crippen LogP contribution < -0.4 is 5.32 Å². The summed E-state index contributed by atoms with van der Waals surface area (Å²) in [5.41, 5.74) is 5.03. The summed E-state index contributed by atoms with van der Waals surface area (Å²) in [5, 5.41) is 9.29. The fraction of sp³-hybridized carbons (Fsp3) is 0.143. The maximum Gasteiger partial charge on any atom is 0.255 e. The van der Waals surface area contributed by atoms with Gasteiger partial charge >= 0.3 is 0 Å². The molecule has 7 heteroatoms. The predicted molar refractivity (Wildman–Crippen MR) is 139 cm³/mol. The molecule has 2 aromatic carbocycles. The first-order valence-corrected chi connectivity index (χ1v) is 12.1. The predicted octanol–water partition coefficient (Wildman–Crippen LogP) is 6.24. The minimum Gasteiger partial charge on any atom is -0.322 e. The number of nitrogens with zero attached hydrogens (tertiary/aromatic N) is 3. The normalized spacial score (nSPS) is 11.5. The second-order valence-electron chi connectivity index (χ2n) is 9.29. The van der Waals surface area contributed by atoms with Crippen LogP contribution in [-0.2, 0) is 5.41 Å². The summed E-state index contributed by atoms with van der Waals surface area (Å²) in [7, 11) is 0. The summed E-state index contributed by atoms with van der Waals surface area (Å²) in [6.07, 6.45) is 3.22. The maximum atomic E-state index is 12.9. The van der Waals surface area contributed by atoms with E-state index >= 15 is 0 Å². The Bertz CT molecular complexity index is 1530. The van der Waals surface area contributed by atoms with E-state index in [9.17, 15) is 9.59 Å².